The van der Waals surface area contributed by atoms with Crippen molar-refractivity contribution in [1.82, 2.24) is 5.32 Å². The minimum Gasteiger partial charge on any atom is -0.378 e. The summed E-state index contributed by atoms with van der Waals surface area (Å²) in [5.41, 5.74) is 0.923. The van der Waals surface area contributed by atoms with E-state index in [0.29, 0.717) is 4.91 Å². The molecular formula is C19H15ClF3N3OS. The fraction of sp³-hybridized carbons (Fsp3) is 0.158. The van der Waals surface area contributed by atoms with Crippen molar-refractivity contribution in [3.63, 3.8) is 0 Å². The topological polar surface area (TPSA) is 44.7 Å². The van der Waals surface area contributed by atoms with Crippen LogP contribution in [0.4, 0.5) is 24.5 Å². The third-order valence-electron chi connectivity index (χ3n) is 3.85. The molecule has 4 nitrogen and oxygen atoms in total. The zero-order chi connectivity index (χ0) is 20.5. The maximum atomic E-state index is 12.9. The van der Waals surface area contributed by atoms with Crippen LogP contribution in [0.2, 0.25) is 5.02 Å². The molecule has 146 valence electrons. The number of rotatable bonds is 3. The van der Waals surface area contributed by atoms with Crippen molar-refractivity contribution in [1.29, 1.82) is 0 Å². The van der Waals surface area contributed by atoms with E-state index >= 15 is 0 Å². The van der Waals surface area contributed by atoms with Gasteiger partial charge in [-0.15, -0.1) is 0 Å². The van der Waals surface area contributed by atoms with E-state index in [2.05, 4.69) is 10.3 Å². The van der Waals surface area contributed by atoms with E-state index < -0.39 is 11.7 Å². The molecule has 0 spiro atoms. The predicted molar refractivity (Wildman–Crippen MR) is 108 cm³/mol. The molecular weight excluding hydrogens is 411 g/mol. The molecule has 0 bridgehead atoms. The highest BCUT2D eigenvalue weighted by Gasteiger charge is 2.31. The maximum Gasteiger partial charge on any atom is 0.416 e. The zero-order valence-electron chi connectivity index (χ0n) is 14.8. The first-order valence-electron chi connectivity index (χ1n) is 8.07. The van der Waals surface area contributed by atoms with Gasteiger partial charge in [0.05, 0.1) is 21.2 Å². The molecule has 1 N–H and O–H groups in total. The van der Waals surface area contributed by atoms with Crippen LogP contribution in [-0.4, -0.2) is 25.2 Å². The zero-order valence-corrected chi connectivity index (χ0v) is 16.4. The first kappa shape index (κ1) is 20.3. The van der Waals surface area contributed by atoms with Crippen molar-refractivity contribution in [3.05, 3.63) is 63.5 Å². The van der Waals surface area contributed by atoms with E-state index in [1.165, 1.54) is 0 Å². The van der Waals surface area contributed by atoms with Crippen LogP contribution in [0.5, 0.6) is 0 Å². The highest BCUT2D eigenvalue weighted by atomic mass is 35.5. The normalized spacial score (nSPS) is 17.3. The quantitative estimate of drug-likeness (QED) is 0.677. The summed E-state index contributed by atoms with van der Waals surface area (Å²) in [7, 11) is 3.85. The number of hydrogen-bond donors (Lipinski definition) is 1. The van der Waals surface area contributed by atoms with Gasteiger partial charge in [0.15, 0.2) is 5.17 Å². The number of carbonyl (C=O) groups is 1. The Morgan fingerprint density at radius 1 is 1.14 bits per heavy atom. The fourth-order valence-corrected chi connectivity index (χ4v) is 3.38. The van der Waals surface area contributed by atoms with Crippen LogP contribution in [0.15, 0.2) is 52.4 Å². The van der Waals surface area contributed by atoms with Gasteiger partial charge >= 0.3 is 6.18 Å². The lowest BCUT2D eigenvalue weighted by molar-refractivity contribution is -0.137. The van der Waals surface area contributed by atoms with Gasteiger partial charge in [-0.3, -0.25) is 4.79 Å². The van der Waals surface area contributed by atoms with Gasteiger partial charge in [-0.2, -0.15) is 13.2 Å². The lowest BCUT2D eigenvalue weighted by atomic mass is 10.2. The molecule has 2 aromatic carbocycles. The van der Waals surface area contributed by atoms with E-state index in [1.54, 1.807) is 6.08 Å². The van der Waals surface area contributed by atoms with E-state index in [4.69, 9.17) is 11.6 Å². The minimum atomic E-state index is -4.50. The van der Waals surface area contributed by atoms with Gasteiger partial charge in [-0.25, -0.2) is 4.99 Å². The Balaban J connectivity index is 1.84. The molecule has 9 heteroatoms. The molecule has 2 aromatic rings. The Hall–Kier alpha value is -2.45. The average Bonchev–Trinajstić information content (AvgIpc) is 2.95. The molecule has 1 amide bonds. The summed E-state index contributed by atoms with van der Waals surface area (Å²) >= 11 is 6.99. The second-order valence-electron chi connectivity index (χ2n) is 6.13. The number of hydrogen-bond acceptors (Lipinski definition) is 4. The fourth-order valence-electron chi connectivity index (χ4n) is 2.38. The highest BCUT2D eigenvalue weighted by molar-refractivity contribution is 8.18. The van der Waals surface area contributed by atoms with E-state index in [0.717, 1.165) is 41.2 Å². The van der Waals surface area contributed by atoms with Crippen LogP contribution in [-0.2, 0) is 11.0 Å². The molecule has 0 atom stereocenters. The Labute approximate surface area is 169 Å². The molecule has 1 aliphatic heterocycles. The third kappa shape index (κ3) is 4.69. The molecule has 28 heavy (non-hydrogen) atoms. The summed E-state index contributed by atoms with van der Waals surface area (Å²) in [4.78, 5) is 18.6. The van der Waals surface area contributed by atoms with Crippen molar-refractivity contribution in [2.45, 2.75) is 6.18 Å². The lowest BCUT2D eigenvalue weighted by Crippen LogP contribution is -2.19. The van der Waals surface area contributed by atoms with Crippen LogP contribution in [0.1, 0.15) is 11.1 Å². The van der Waals surface area contributed by atoms with E-state index in [1.807, 2.05) is 43.3 Å². The lowest BCUT2D eigenvalue weighted by Gasteiger charge is -2.11. The number of benzene rings is 2. The smallest absolute Gasteiger partial charge is 0.378 e. The maximum absolute atomic E-state index is 12.9. The standard InChI is InChI=1S/C19H15ClF3N3OS/c1-26(2)13-6-3-11(4-7-13)9-16-17(27)25-18(28-16)24-15-10-12(19(21,22)23)5-8-14(15)20/h3-10H,1-2H3,(H,24,25,27). The highest BCUT2D eigenvalue weighted by Crippen LogP contribution is 2.36. The molecule has 3 rings (SSSR count). The number of nitrogens with one attached hydrogen (secondary N) is 1. The van der Waals surface area contributed by atoms with Gasteiger partial charge in [-0.1, -0.05) is 23.7 Å². The van der Waals surface area contributed by atoms with Crippen molar-refractivity contribution in [3.8, 4) is 0 Å². The van der Waals surface area contributed by atoms with Gasteiger partial charge in [-0.05, 0) is 53.7 Å². The Bertz CT molecular complexity index is 969. The number of carbonyl (C=O) groups excluding carboxylic acids is 1. The largest absolute Gasteiger partial charge is 0.416 e. The van der Waals surface area contributed by atoms with E-state index in [9.17, 15) is 18.0 Å². The molecule has 0 aromatic heterocycles. The second kappa shape index (κ2) is 7.89. The number of amides is 1. The van der Waals surface area contributed by atoms with Crippen LogP contribution in [0, 0.1) is 0 Å². The summed E-state index contributed by atoms with van der Waals surface area (Å²) in [6, 6.07) is 10.4. The predicted octanol–water partition coefficient (Wildman–Crippen LogP) is 5.32. The van der Waals surface area contributed by atoms with Gasteiger partial charge in [0, 0.05) is 19.8 Å². The minimum absolute atomic E-state index is 0.0594. The van der Waals surface area contributed by atoms with Crippen molar-refractivity contribution in [2.24, 2.45) is 4.99 Å². The van der Waals surface area contributed by atoms with Crippen LogP contribution >= 0.6 is 23.4 Å². The summed E-state index contributed by atoms with van der Waals surface area (Å²) in [6.07, 6.45) is -2.81. The number of amidine groups is 1. The monoisotopic (exact) mass is 425 g/mol. The van der Waals surface area contributed by atoms with Gasteiger partial charge in [0.25, 0.3) is 5.91 Å². The molecule has 1 saturated heterocycles. The molecule has 0 radical (unpaired) electrons. The molecule has 1 aliphatic rings. The van der Waals surface area contributed by atoms with Gasteiger partial charge < -0.3 is 10.2 Å². The molecule has 1 fully saturated rings. The number of anilines is 1. The SMILES string of the molecule is CN(C)c1ccc(C=C2SC(=Nc3cc(C(F)(F)F)ccc3Cl)NC2=O)cc1. The second-order valence-corrected chi connectivity index (χ2v) is 7.57. The van der Waals surface area contributed by atoms with Gasteiger partial charge in [0.2, 0.25) is 0 Å². The number of alkyl halides is 3. The third-order valence-corrected chi connectivity index (χ3v) is 5.08. The Kier molecular flexibility index (Phi) is 5.71. The molecule has 1 heterocycles. The number of nitrogens with zero attached hydrogens (tertiary/aromatic N) is 2. The average molecular weight is 426 g/mol. The summed E-state index contributed by atoms with van der Waals surface area (Å²) in [5.74, 6) is -0.372. The number of thioether (sulfide) groups is 1. The Morgan fingerprint density at radius 3 is 2.43 bits per heavy atom. The first-order chi connectivity index (χ1) is 13.1. The van der Waals surface area contributed by atoms with Crippen LogP contribution in [0.25, 0.3) is 6.08 Å². The molecule has 0 unspecified atom stereocenters. The van der Waals surface area contributed by atoms with Gasteiger partial charge in [0.1, 0.15) is 0 Å². The van der Waals surface area contributed by atoms with Crippen molar-refractivity contribution in [2.75, 3.05) is 19.0 Å². The summed E-state index contributed by atoms with van der Waals surface area (Å²) < 4.78 is 38.6. The first-order valence-corrected chi connectivity index (χ1v) is 9.26. The molecule has 0 aliphatic carbocycles. The van der Waals surface area contributed by atoms with Crippen LogP contribution in [0.3, 0.4) is 0 Å². The van der Waals surface area contributed by atoms with Crippen LogP contribution < -0.4 is 10.2 Å². The summed E-state index contributed by atoms with van der Waals surface area (Å²) in [6.45, 7) is 0. The molecule has 0 saturated carbocycles. The number of halogens is 4. The van der Waals surface area contributed by atoms with Crippen molar-refractivity contribution < 1.29 is 18.0 Å². The van der Waals surface area contributed by atoms with Crippen molar-refractivity contribution >= 4 is 51.9 Å². The number of aliphatic imine (C=N–C) groups is 1. The Morgan fingerprint density at radius 2 is 1.82 bits per heavy atom. The summed E-state index contributed by atoms with van der Waals surface area (Å²) in [5, 5.41) is 2.78. The van der Waals surface area contributed by atoms with E-state index in [-0.39, 0.29) is 21.8 Å².